The fraction of sp³-hybridized carbons (Fsp3) is 0.105. The molecule has 1 fully saturated rings. The highest BCUT2D eigenvalue weighted by atomic mass is 79.9. The zero-order valence-corrected chi connectivity index (χ0v) is 17.2. The van der Waals surface area contributed by atoms with E-state index in [4.69, 9.17) is 21.7 Å². The van der Waals surface area contributed by atoms with Crippen molar-refractivity contribution in [3.63, 3.8) is 0 Å². The predicted molar refractivity (Wildman–Crippen MR) is 110 cm³/mol. The molecule has 0 aromatic heterocycles. The van der Waals surface area contributed by atoms with Gasteiger partial charge < -0.3 is 9.47 Å². The number of ether oxygens (including phenoxy) is 2. The van der Waals surface area contributed by atoms with Crippen molar-refractivity contribution in [2.24, 2.45) is 0 Å². The minimum atomic E-state index is -0.750. The van der Waals surface area contributed by atoms with E-state index >= 15 is 0 Å². The minimum Gasteiger partial charge on any atom is -0.493 e. The topological polar surface area (TPSA) is 67.9 Å². The number of rotatable bonds is 4. The molecular formula is C19H14BrFN2O4S. The highest BCUT2D eigenvalue weighted by molar-refractivity contribution is 9.10. The summed E-state index contributed by atoms with van der Waals surface area (Å²) in [6.45, 7) is 0. The van der Waals surface area contributed by atoms with E-state index < -0.39 is 17.6 Å². The second-order valence-corrected chi connectivity index (χ2v) is 6.94. The number of methoxy groups -OCH3 is 2. The number of nitrogens with one attached hydrogen (secondary N) is 1. The Morgan fingerprint density at radius 2 is 1.89 bits per heavy atom. The Kier molecular flexibility index (Phi) is 5.76. The zero-order valence-electron chi connectivity index (χ0n) is 14.8. The van der Waals surface area contributed by atoms with Crippen LogP contribution in [0.25, 0.3) is 6.08 Å². The van der Waals surface area contributed by atoms with Gasteiger partial charge in [0.2, 0.25) is 0 Å². The number of benzene rings is 2. The normalized spacial score (nSPS) is 15.6. The van der Waals surface area contributed by atoms with Gasteiger partial charge in [-0.05, 0) is 42.6 Å². The van der Waals surface area contributed by atoms with Crippen molar-refractivity contribution in [1.82, 2.24) is 5.32 Å². The first kappa shape index (κ1) is 20.0. The molecule has 1 aliphatic rings. The van der Waals surface area contributed by atoms with Gasteiger partial charge in [-0.2, -0.15) is 0 Å². The number of anilines is 1. The average molecular weight is 465 g/mol. The molecule has 0 radical (unpaired) electrons. The van der Waals surface area contributed by atoms with E-state index in [1.807, 2.05) is 0 Å². The molecule has 6 nitrogen and oxygen atoms in total. The molecule has 144 valence electrons. The summed E-state index contributed by atoms with van der Waals surface area (Å²) in [6, 6.07) is 9.00. The summed E-state index contributed by atoms with van der Waals surface area (Å²) in [4.78, 5) is 26.4. The van der Waals surface area contributed by atoms with E-state index in [-0.39, 0.29) is 16.4 Å². The predicted octanol–water partition coefficient (Wildman–Crippen LogP) is 3.44. The van der Waals surface area contributed by atoms with Crippen LogP contribution >= 0.6 is 28.1 Å². The summed E-state index contributed by atoms with van der Waals surface area (Å²) in [5, 5.41) is 2.22. The van der Waals surface area contributed by atoms with Crippen molar-refractivity contribution < 1.29 is 23.5 Å². The minimum absolute atomic E-state index is 0.0535. The molecule has 2 aromatic carbocycles. The number of carbonyl (C=O) groups excluding carboxylic acids is 2. The maximum atomic E-state index is 14.2. The third-order valence-corrected chi connectivity index (χ3v) is 4.71. The molecule has 0 unspecified atom stereocenters. The van der Waals surface area contributed by atoms with Crippen LogP contribution in [0.3, 0.4) is 0 Å². The van der Waals surface area contributed by atoms with Crippen molar-refractivity contribution in [3.8, 4) is 11.5 Å². The van der Waals surface area contributed by atoms with Gasteiger partial charge in [-0.1, -0.05) is 28.1 Å². The van der Waals surface area contributed by atoms with Gasteiger partial charge in [0.25, 0.3) is 11.8 Å². The maximum Gasteiger partial charge on any atom is 0.270 e. The Bertz CT molecular complexity index is 1020. The zero-order chi connectivity index (χ0) is 20.4. The number of hydrogen-bond acceptors (Lipinski definition) is 5. The molecule has 9 heteroatoms. The second kappa shape index (κ2) is 8.07. The summed E-state index contributed by atoms with van der Waals surface area (Å²) in [6.07, 6.45) is 1.35. The van der Waals surface area contributed by atoms with Gasteiger partial charge in [0, 0.05) is 10.0 Å². The molecule has 0 spiro atoms. The Morgan fingerprint density at radius 3 is 2.54 bits per heavy atom. The molecule has 1 saturated heterocycles. The lowest BCUT2D eigenvalue weighted by Crippen LogP contribution is -2.54. The van der Waals surface area contributed by atoms with Gasteiger partial charge in [0.1, 0.15) is 11.4 Å². The van der Waals surface area contributed by atoms with E-state index in [1.54, 1.807) is 18.2 Å². The van der Waals surface area contributed by atoms with Gasteiger partial charge in [-0.25, -0.2) is 9.29 Å². The van der Waals surface area contributed by atoms with Gasteiger partial charge >= 0.3 is 0 Å². The second-order valence-electron chi connectivity index (χ2n) is 5.64. The van der Waals surface area contributed by atoms with Crippen molar-refractivity contribution >= 4 is 56.8 Å². The van der Waals surface area contributed by atoms with E-state index in [0.717, 1.165) is 4.90 Å². The highest BCUT2D eigenvalue weighted by Crippen LogP contribution is 2.36. The van der Waals surface area contributed by atoms with Gasteiger partial charge in [0.05, 0.1) is 19.9 Å². The van der Waals surface area contributed by atoms with Gasteiger partial charge in [-0.15, -0.1) is 0 Å². The van der Waals surface area contributed by atoms with Gasteiger partial charge in [0.15, 0.2) is 16.6 Å². The van der Waals surface area contributed by atoms with E-state index in [1.165, 1.54) is 38.5 Å². The number of halogens is 2. The lowest BCUT2D eigenvalue weighted by Gasteiger charge is -2.29. The van der Waals surface area contributed by atoms with Crippen molar-refractivity contribution in [1.29, 1.82) is 0 Å². The Hall–Kier alpha value is -2.78. The smallest absolute Gasteiger partial charge is 0.270 e. The van der Waals surface area contributed by atoms with E-state index in [9.17, 15) is 14.0 Å². The average Bonchev–Trinajstić information content (AvgIpc) is 2.66. The number of nitrogens with zero attached hydrogens (tertiary/aromatic N) is 1. The molecule has 1 heterocycles. The molecule has 2 amide bonds. The molecular weight excluding hydrogens is 451 g/mol. The van der Waals surface area contributed by atoms with Crippen LogP contribution in [0.15, 0.2) is 46.4 Å². The number of para-hydroxylation sites is 1. The third kappa shape index (κ3) is 3.63. The van der Waals surface area contributed by atoms with Crippen LogP contribution in [0, 0.1) is 5.82 Å². The highest BCUT2D eigenvalue weighted by Gasteiger charge is 2.36. The quantitative estimate of drug-likeness (QED) is 0.426. The third-order valence-electron chi connectivity index (χ3n) is 3.97. The Balaban J connectivity index is 2.13. The number of amides is 2. The van der Waals surface area contributed by atoms with Crippen molar-refractivity contribution in [2.75, 3.05) is 19.1 Å². The summed E-state index contributed by atoms with van der Waals surface area (Å²) < 4.78 is 25.5. The van der Waals surface area contributed by atoms with Crippen LogP contribution in [0.1, 0.15) is 5.56 Å². The largest absolute Gasteiger partial charge is 0.493 e. The number of hydrogen-bond donors (Lipinski definition) is 1. The first-order chi connectivity index (χ1) is 13.4. The lowest BCUT2D eigenvalue weighted by atomic mass is 10.1. The molecule has 0 atom stereocenters. The monoisotopic (exact) mass is 464 g/mol. The summed E-state index contributed by atoms with van der Waals surface area (Å²) in [7, 11) is 2.91. The van der Waals surface area contributed by atoms with Crippen LogP contribution in [0.4, 0.5) is 10.1 Å². The van der Waals surface area contributed by atoms with Crippen LogP contribution < -0.4 is 19.7 Å². The first-order valence-corrected chi connectivity index (χ1v) is 9.15. The molecule has 2 aromatic rings. The molecule has 0 bridgehead atoms. The SMILES string of the molecule is COc1cc(Br)cc(/C=C2\C(=O)NC(=S)N(c3ccccc3F)C2=O)c1OC. The molecule has 1 aliphatic heterocycles. The van der Waals surface area contributed by atoms with Crippen LogP contribution in [-0.2, 0) is 9.59 Å². The lowest BCUT2D eigenvalue weighted by molar-refractivity contribution is -0.122. The van der Waals surface area contributed by atoms with Gasteiger partial charge in [-0.3, -0.25) is 14.9 Å². The molecule has 3 rings (SSSR count). The number of carbonyl (C=O) groups is 2. The van der Waals surface area contributed by atoms with Crippen molar-refractivity contribution in [3.05, 3.63) is 57.8 Å². The fourth-order valence-corrected chi connectivity index (χ4v) is 3.46. The maximum absolute atomic E-state index is 14.2. The molecule has 0 saturated carbocycles. The fourth-order valence-electron chi connectivity index (χ4n) is 2.73. The summed E-state index contributed by atoms with van der Waals surface area (Å²) in [5.41, 5.74) is 0.144. The van der Waals surface area contributed by atoms with Crippen LogP contribution in [0.5, 0.6) is 11.5 Å². The molecule has 28 heavy (non-hydrogen) atoms. The standard InChI is InChI=1S/C19H14BrFN2O4S/c1-26-15-9-11(20)7-10(16(15)27-2)8-12-17(24)22-19(28)23(18(12)25)14-6-4-3-5-13(14)21/h3-9H,1-2H3,(H,22,24,28)/b12-8+. The Morgan fingerprint density at radius 1 is 1.18 bits per heavy atom. The summed E-state index contributed by atoms with van der Waals surface area (Å²) >= 11 is 8.43. The van der Waals surface area contributed by atoms with E-state index in [2.05, 4.69) is 21.2 Å². The van der Waals surface area contributed by atoms with Crippen LogP contribution in [0.2, 0.25) is 0 Å². The van der Waals surface area contributed by atoms with Crippen LogP contribution in [-0.4, -0.2) is 31.1 Å². The summed E-state index contributed by atoms with van der Waals surface area (Å²) in [5.74, 6) is -1.34. The molecule has 0 aliphatic carbocycles. The number of thiocarbonyl (C=S) groups is 1. The first-order valence-electron chi connectivity index (χ1n) is 7.95. The Labute approximate surface area is 174 Å². The van der Waals surface area contributed by atoms with Crippen molar-refractivity contribution in [2.45, 2.75) is 0 Å². The molecule has 1 N–H and O–H groups in total. The van der Waals surface area contributed by atoms with E-state index in [0.29, 0.717) is 21.5 Å².